The van der Waals surface area contributed by atoms with Crippen LogP contribution in [0, 0.1) is 0 Å². The van der Waals surface area contributed by atoms with E-state index in [1.54, 1.807) is 0 Å². The number of benzene rings is 1. The van der Waals surface area contributed by atoms with Crippen molar-refractivity contribution in [2.24, 2.45) is 0 Å². The van der Waals surface area contributed by atoms with Crippen molar-refractivity contribution in [1.82, 2.24) is 19.8 Å². The summed E-state index contributed by atoms with van der Waals surface area (Å²) in [5.74, 6) is 0.874. The summed E-state index contributed by atoms with van der Waals surface area (Å²) in [7, 11) is 4.15. The second-order valence-corrected chi connectivity index (χ2v) is 7.61. The van der Waals surface area contributed by atoms with Gasteiger partial charge in [-0.15, -0.1) is 11.3 Å². The lowest BCUT2D eigenvalue weighted by Gasteiger charge is -2.13. The van der Waals surface area contributed by atoms with Gasteiger partial charge in [0.15, 0.2) is 0 Å². The Labute approximate surface area is 158 Å². The van der Waals surface area contributed by atoms with Crippen molar-refractivity contribution in [3.8, 4) is 0 Å². The van der Waals surface area contributed by atoms with Crippen molar-refractivity contribution in [2.75, 3.05) is 33.7 Å². The number of hydrogen-bond donors (Lipinski definition) is 1. The second kappa shape index (κ2) is 9.07. The van der Waals surface area contributed by atoms with Crippen LogP contribution in [0.15, 0.2) is 46.6 Å². The molecule has 1 aromatic carbocycles. The Kier molecular flexibility index (Phi) is 6.55. The smallest absolute Gasteiger partial charge is 0.271 e. The average Bonchev–Trinajstić information content (AvgIpc) is 3.10. The third kappa shape index (κ3) is 4.78. The molecule has 0 saturated heterocycles. The summed E-state index contributed by atoms with van der Waals surface area (Å²) < 4.78 is 2.59. The van der Waals surface area contributed by atoms with Crippen LogP contribution in [0.2, 0.25) is 0 Å². The lowest BCUT2D eigenvalue weighted by molar-refractivity contribution is 0.399. The highest BCUT2D eigenvalue weighted by Crippen LogP contribution is 2.16. The second-order valence-electron chi connectivity index (χ2n) is 6.70. The Morgan fingerprint density at radius 1 is 1.15 bits per heavy atom. The molecule has 0 radical (unpaired) electrons. The maximum atomic E-state index is 12.9. The summed E-state index contributed by atoms with van der Waals surface area (Å²) in [6, 6.07) is 12.0. The number of hydrogen-bond acceptors (Lipinski definition) is 5. The number of rotatable bonds is 9. The maximum Gasteiger partial charge on any atom is 0.271 e. The Balaban J connectivity index is 1.74. The Bertz CT molecular complexity index is 886. The van der Waals surface area contributed by atoms with E-state index in [0.29, 0.717) is 6.54 Å². The van der Waals surface area contributed by atoms with Crippen molar-refractivity contribution in [1.29, 1.82) is 0 Å². The molecule has 138 valence electrons. The number of likely N-dealkylation sites (N-methyl/N-ethyl adjacent to an activating group) is 1. The van der Waals surface area contributed by atoms with Gasteiger partial charge in [0.05, 0.1) is 12.1 Å². The third-order valence-corrected chi connectivity index (χ3v) is 5.21. The highest BCUT2D eigenvalue weighted by atomic mass is 32.1. The molecule has 0 bridgehead atoms. The van der Waals surface area contributed by atoms with E-state index in [2.05, 4.69) is 36.4 Å². The minimum atomic E-state index is 0.0735. The zero-order valence-electron chi connectivity index (χ0n) is 15.4. The number of fused-ring (bicyclic) bond motifs is 1. The van der Waals surface area contributed by atoms with Gasteiger partial charge in [-0.05, 0) is 44.1 Å². The molecule has 3 aromatic rings. The van der Waals surface area contributed by atoms with Crippen LogP contribution in [0.3, 0.4) is 0 Å². The largest absolute Gasteiger partial charge is 0.315 e. The molecule has 1 N–H and O–H groups in total. The molecule has 2 aromatic heterocycles. The number of aryl methyl sites for hydroxylation is 1. The molecular formula is C20H26N4OS. The Morgan fingerprint density at radius 2 is 1.96 bits per heavy atom. The molecule has 0 atom stereocenters. The van der Waals surface area contributed by atoms with E-state index in [-0.39, 0.29) is 5.56 Å². The Morgan fingerprint density at radius 3 is 2.73 bits per heavy atom. The van der Waals surface area contributed by atoms with Gasteiger partial charge in [-0.25, -0.2) is 4.98 Å². The van der Waals surface area contributed by atoms with Gasteiger partial charge in [-0.2, -0.15) is 0 Å². The molecule has 0 unspecified atom stereocenters. The Hall–Kier alpha value is -2.02. The molecule has 6 heteroatoms. The highest BCUT2D eigenvalue weighted by Gasteiger charge is 2.12. The first kappa shape index (κ1) is 18.8. The molecule has 0 aliphatic rings. The van der Waals surface area contributed by atoms with Gasteiger partial charge in [-0.3, -0.25) is 9.36 Å². The van der Waals surface area contributed by atoms with E-state index < -0.39 is 0 Å². The van der Waals surface area contributed by atoms with Crippen LogP contribution < -0.4 is 10.9 Å². The van der Waals surface area contributed by atoms with E-state index in [4.69, 9.17) is 4.98 Å². The normalized spacial score (nSPS) is 11.5. The van der Waals surface area contributed by atoms with E-state index >= 15 is 0 Å². The molecule has 26 heavy (non-hydrogen) atoms. The first-order chi connectivity index (χ1) is 12.6. The predicted octanol–water partition coefficient (Wildman–Crippen LogP) is 2.59. The molecule has 5 nitrogen and oxygen atoms in total. The number of nitrogens with one attached hydrogen (secondary N) is 1. The molecule has 3 rings (SSSR count). The van der Waals surface area contributed by atoms with Crippen LogP contribution in [-0.2, 0) is 13.0 Å². The summed E-state index contributed by atoms with van der Waals surface area (Å²) in [6.45, 7) is 3.50. The van der Waals surface area contributed by atoms with Crippen LogP contribution in [-0.4, -0.2) is 48.2 Å². The van der Waals surface area contributed by atoms with Crippen LogP contribution in [0.5, 0.6) is 0 Å². The summed E-state index contributed by atoms with van der Waals surface area (Å²) in [4.78, 5) is 19.9. The first-order valence-corrected chi connectivity index (χ1v) is 9.89. The monoisotopic (exact) mass is 370 g/mol. The van der Waals surface area contributed by atoms with E-state index in [1.807, 2.05) is 34.2 Å². The molecule has 0 fully saturated rings. The number of thiophene rings is 1. The topological polar surface area (TPSA) is 50.2 Å². The number of aromatic nitrogens is 2. The van der Waals surface area contributed by atoms with Crippen LogP contribution in [0.25, 0.3) is 10.2 Å². The minimum absolute atomic E-state index is 0.0735. The average molecular weight is 371 g/mol. The molecule has 0 spiro atoms. The van der Waals surface area contributed by atoms with E-state index in [1.165, 1.54) is 11.3 Å². The van der Waals surface area contributed by atoms with Gasteiger partial charge >= 0.3 is 0 Å². The summed E-state index contributed by atoms with van der Waals surface area (Å²) >= 11 is 1.47. The van der Waals surface area contributed by atoms with Gasteiger partial charge in [0.2, 0.25) is 0 Å². The van der Waals surface area contributed by atoms with Crippen LogP contribution >= 0.6 is 11.3 Å². The molecule has 0 saturated carbocycles. The van der Waals surface area contributed by atoms with Gasteiger partial charge in [0.1, 0.15) is 10.5 Å². The fourth-order valence-electron chi connectivity index (χ4n) is 2.91. The molecule has 2 heterocycles. The van der Waals surface area contributed by atoms with Gasteiger partial charge < -0.3 is 10.2 Å². The quantitative estimate of drug-likeness (QED) is 0.588. The maximum absolute atomic E-state index is 12.9. The highest BCUT2D eigenvalue weighted by molar-refractivity contribution is 7.17. The van der Waals surface area contributed by atoms with Crippen molar-refractivity contribution >= 4 is 21.6 Å². The van der Waals surface area contributed by atoms with Gasteiger partial charge in [0.25, 0.3) is 5.56 Å². The van der Waals surface area contributed by atoms with E-state index in [0.717, 1.165) is 54.1 Å². The van der Waals surface area contributed by atoms with Crippen molar-refractivity contribution < 1.29 is 0 Å². The fourth-order valence-corrected chi connectivity index (χ4v) is 3.69. The first-order valence-electron chi connectivity index (χ1n) is 9.01. The fraction of sp³-hybridized carbons (Fsp3) is 0.400. The summed E-state index contributed by atoms with van der Waals surface area (Å²) in [5.41, 5.74) is 2.02. The third-order valence-electron chi connectivity index (χ3n) is 4.32. The predicted molar refractivity (Wildman–Crippen MR) is 109 cm³/mol. The lowest BCUT2D eigenvalue weighted by atomic mass is 10.2. The van der Waals surface area contributed by atoms with Crippen molar-refractivity contribution in [3.05, 3.63) is 63.5 Å². The van der Waals surface area contributed by atoms with E-state index in [9.17, 15) is 4.79 Å². The van der Waals surface area contributed by atoms with Gasteiger partial charge in [0, 0.05) is 19.5 Å². The van der Waals surface area contributed by atoms with Gasteiger partial charge in [-0.1, -0.05) is 30.3 Å². The molecular weight excluding hydrogens is 344 g/mol. The SMILES string of the molecule is CN(C)CCNCCCc1nc2ccsc2c(=O)n1Cc1ccccc1. The molecule has 0 amide bonds. The number of nitrogens with zero attached hydrogens (tertiary/aromatic N) is 3. The zero-order valence-corrected chi connectivity index (χ0v) is 16.3. The van der Waals surface area contributed by atoms with Crippen LogP contribution in [0.1, 0.15) is 17.8 Å². The summed E-state index contributed by atoms with van der Waals surface area (Å²) in [6.07, 6.45) is 1.76. The van der Waals surface area contributed by atoms with Crippen LogP contribution in [0.4, 0.5) is 0 Å². The zero-order chi connectivity index (χ0) is 18.4. The molecule has 0 aliphatic heterocycles. The van der Waals surface area contributed by atoms with Crippen molar-refractivity contribution in [3.63, 3.8) is 0 Å². The van der Waals surface area contributed by atoms with Crippen molar-refractivity contribution in [2.45, 2.75) is 19.4 Å². The molecule has 0 aliphatic carbocycles. The lowest BCUT2D eigenvalue weighted by Crippen LogP contribution is -2.28. The standard InChI is InChI=1S/C20H26N4OS/c1-23(2)13-12-21-11-6-9-18-22-17-10-14-26-19(17)20(25)24(18)15-16-7-4-3-5-8-16/h3-5,7-8,10,14,21H,6,9,11-13,15H2,1-2H3. The summed E-state index contributed by atoms with van der Waals surface area (Å²) in [5, 5.41) is 5.39. The minimum Gasteiger partial charge on any atom is -0.315 e.